The fourth-order valence-corrected chi connectivity index (χ4v) is 2.83. The molecule has 0 saturated carbocycles. The van der Waals surface area contributed by atoms with E-state index in [1.54, 1.807) is 25.1 Å². The number of likely N-dealkylation sites (N-methyl/N-ethyl adjacent to an activating group) is 1. The Balaban J connectivity index is 2.43. The number of nitrogens with zero attached hydrogens (tertiary/aromatic N) is 3. The van der Waals surface area contributed by atoms with E-state index in [-0.39, 0.29) is 40.3 Å². The zero-order chi connectivity index (χ0) is 31.8. The van der Waals surface area contributed by atoms with E-state index in [2.05, 4.69) is 10.3 Å². The van der Waals surface area contributed by atoms with Gasteiger partial charge in [-0.25, -0.2) is 4.39 Å². The number of hydrogen-bond acceptors (Lipinski definition) is 6. The van der Waals surface area contributed by atoms with E-state index >= 15 is 0 Å². The number of nitriles is 1. The Kier molecular flexibility index (Phi) is 4.67. The van der Waals surface area contributed by atoms with E-state index in [4.69, 9.17) is 17.1 Å². The normalized spacial score (nSPS) is 15.8. The highest BCUT2D eigenvalue weighted by Gasteiger charge is 2.16. The molecule has 1 aromatic heterocycles. The Morgan fingerprint density at radius 1 is 1.42 bits per heavy atom. The second kappa shape index (κ2) is 10.7. The first-order valence-corrected chi connectivity index (χ1v) is 9.82. The molecule has 3 rings (SSSR count). The van der Waals surface area contributed by atoms with E-state index in [1.807, 2.05) is 0 Å². The fraction of sp³-hybridized carbons (Fsp3) is 0.269. The molecule has 7 heteroatoms. The number of ketones is 1. The van der Waals surface area contributed by atoms with Crippen molar-refractivity contribution in [1.29, 1.82) is 5.26 Å². The van der Waals surface area contributed by atoms with Gasteiger partial charge < -0.3 is 15.0 Å². The quantitative estimate of drug-likeness (QED) is 0.461. The molecule has 0 spiro atoms. The lowest BCUT2D eigenvalue weighted by Crippen LogP contribution is -2.11. The van der Waals surface area contributed by atoms with Gasteiger partial charge in [-0.15, -0.1) is 0 Å². The first-order valence-electron chi connectivity index (χ1n) is 14.3. The number of ether oxygens (including phenoxy) is 1. The SMILES string of the molecule is [2H]/C(=C\C(=O)Cc1c(OC([2H])([2H])C)c([2H])c2nc([2H])c(C#N)c(Nc3c([2H])c([2H])c(F)c(C)c3[2H])c2c1[2H])CN(C)C. The monoisotopic (exact) mass is 455 g/mol. The van der Waals surface area contributed by atoms with Gasteiger partial charge in [-0.1, -0.05) is 6.05 Å². The van der Waals surface area contributed by atoms with E-state index in [0.29, 0.717) is 0 Å². The molecule has 0 aliphatic carbocycles. The topological polar surface area (TPSA) is 78.2 Å². The van der Waals surface area contributed by atoms with Gasteiger partial charge in [0.05, 0.1) is 35.7 Å². The minimum atomic E-state index is -2.37. The molecule has 3 aromatic rings. The van der Waals surface area contributed by atoms with Crippen LogP contribution in [0.15, 0.2) is 48.5 Å². The third-order valence-electron chi connectivity index (χ3n) is 4.32. The highest BCUT2D eigenvalue weighted by molar-refractivity contribution is 5.98. The summed E-state index contributed by atoms with van der Waals surface area (Å²) in [7, 11) is 3.40. The molecule has 0 bridgehead atoms. The van der Waals surface area contributed by atoms with Crippen molar-refractivity contribution in [1.82, 2.24) is 9.88 Å². The molecular weight excluding hydrogens is 419 g/mol. The van der Waals surface area contributed by atoms with Crippen LogP contribution < -0.4 is 10.1 Å². The summed E-state index contributed by atoms with van der Waals surface area (Å²) in [6.45, 7) is 0.0293. The molecule has 2 aromatic carbocycles. The van der Waals surface area contributed by atoms with Crippen molar-refractivity contribution in [3.8, 4) is 11.8 Å². The molecule has 0 aliphatic heterocycles. The van der Waals surface area contributed by atoms with Crippen LogP contribution in [0.25, 0.3) is 10.9 Å². The molecule has 6 nitrogen and oxygen atoms in total. The Bertz CT molecular complexity index is 1650. The Hall–Kier alpha value is -3.76. The van der Waals surface area contributed by atoms with Crippen LogP contribution in [0.2, 0.25) is 0 Å². The number of carbonyl (C=O) groups excluding carboxylic acids is 1. The molecule has 33 heavy (non-hydrogen) atoms. The van der Waals surface area contributed by atoms with Gasteiger partial charge in [0.15, 0.2) is 5.78 Å². The van der Waals surface area contributed by atoms with Crippen LogP contribution in [0.5, 0.6) is 5.75 Å². The van der Waals surface area contributed by atoms with Gasteiger partial charge in [0.25, 0.3) is 0 Å². The number of hydrogen-bond donors (Lipinski definition) is 1. The number of benzene rings is 2. The van der Waals surface area contributed by atoms with Gasteiger partial charge >= 0.3 is 0 Å². The number of carbonyl (C=O) groups is 1. The Morgan fingerprint density at radius 2 is 2.21 bits per heavy atom. The van der Waals surface area contributed by atoms with Crippen molar-refractivity contribution < 1.29 is 26.3 Å². The number of nitrogens with one attached hydrogen (secondary N) is 1. The number of rotatable bonds is 9. The van der Waals surface area contributed by atoms with Crippen molar-refractivity contribution in [2.24, 2.45) is 0 Å². The molecule has 0 unspecified atom stereocenters. The second-order valence-corrected chi connectivity index (χ2v) is 7.22. The second-order valence-electron chi connectivity index (χ2n) is 7.22. The van der Waals surface area contributed by atoms with E-state index in [9.17, 15) is 14.4 Å². The van der Waals surface area contributed by atoms with Crippen molar-refractivity contribution in [2.45, 2.75) is 20.3 Å². The first kappa shape index (κ1) is 14.4. The van der Waals surface area contributed by atoms with Crippen LogP contribution in [0.1, 0.15) is 36.0 Å². The van der Waals surface area contributed by atoms with Crippen LogP contribution in [0, 0.1) is 24.1 Å². The van der Waals surface area contributed by atoms with Gasteiger partial charge in [0, 0.05) is 41.8 Å². The standard InChI is InChI=1S/C26H27FN4O2/c1-5-33-25-14-24-22(13-18(25)12-21(32)7-6-10-31(3)4)26(19(15-28)16-29-24)30-20-8-9-23(27)17(2)11-20/h6-9,11,13-14,16H,5,10,12H2,1-4H3,(H,29,30)/b7-6+/i5D2,6D,8D,9D,11D,13D,14D,16D. The number of allylic oxidation sites excluding steroid dienone is 1. The zero-order valence-electron chi connectivity index (χ0n) is 27.5. The lowest BCUT2D eigenvalue weighted by molar-refractivity contribution is -0.114. The Labute approximate surface area is 206 Å². The summed E-state index contributed by atoms with van der Waals surface area (Å²) in [5.74, 6) is -2.25. The number of fused-ring (bicyclic) bond motifs is 1. The molecule has 0 saturated heterocycles. The Morgan fingerprint density at radius 3 is 2.91 bits per heavy atom. The minimum absolute atomic E-state index is 0.0461. The van der Waals surface area contributed by atoms with Crippen molar-refractivity contribution in [2.75, 3.05) is 32.5 Å². The number of halogens is 1. The zero-order valence-corrected chi connectivity index (χ0v) is 18.5. The molecule has 0 amide bonds. The summed E-state index contributed by atoms with van der Waals surface area (Å²) in [6.07, 6.45) is -0.243. The van der Waals surface area contributed by atoms with Crippen LogP contribution in [-0.4, -0.2) is 42.9 Å². The summed E-state index contributed by atoms with van der Waals surface area (Å²) in [4.78, 5) is 18.6. The smallest absolute Gasteiger partial charge is 0.159 e. The molecule has 0 radical (unpaired) electrons. The van der Waals surface area contributed by atoms with Gasteiger partial charge in [-0.05, 0) is 63.8 Å². The maximum absolute atomic E-state index is 14.4. The lowest BCUT2D eigenvalue weighted by Gasteiger charge is -2.15. The summed E-state index contributed by atoms with van der Waals surface area (Å²) < 4.78 is 94.0. The number of aromatic nitrogens is 1. The molecule has 1 heterocycles. The van der Waals surface area contributed by atoms with E-state index < -0.39 is 78.0 Å². The predicted molar refractivity (Wildman–Crippen MR) is 128 cm³/mol. The van der Waals surface area contributed by atoms with Gasteiger partial charge in [-0.2, -0.15) is 5.26 Å². The van der Waals surface area contributed by atoms with E-state index in [0.717, 1.165) is 13.0 Å². The largest absolute Gasteiger partial charge is 0.494 e. The number of pyridine rings is 1. The predicted octanol–water partition coefficient (Wildman–Crippen LogP) is 4.93. The third-order valence-corrected chi connectivity index (χ3v) is 4.32. The van der Waals surface area contributed by atoms with Crippen LogP contribution in [0.3, 0.4) is 0 Å². The molecule has 170 valence electrons. The van der Waals surface area contributed by atoms with Crippen molar-refractivity contribution in [3.63, 3.8) is 0 Å². The maximum Gasteiger partial charge on any atom is 0.159 e. The molecule has 0 fully saturated rings. The van der Waals surface area contributed by atoms with Gasteiger partial charge in [-0.3, -0.25) is 9.78 Å². The average molecular weight is 456 g/mol. The van der Waals surface area contributed by atoms with Crippen molar-refractivity contribution in [3.05, 3.63) is 71.0 Å². The molecular formula is C26H27FN4O2. The minimum Gasteiger partial charge on any atom is -0.494 e. The highest BCUT2D eigenvalue weighted by atomic mass is 19.1. The summed E-state index contributed by atoms with van der Waals surface area (Å²) >= 11 is 0. The first-order chi connectivity index (χ1) is 19.4. The average Bonchev–Trinajstić information content (AvgIpc) is 2.87. The summed E-state index contributed by atoms with van der Waals surface area (Å²) in [6, 6.07) is -1.50. The summed E-state index contributed by atoms with van der Waals surface area (Å²) in [5.41, 5.74) is -2.12. The molecule has 1 N–H and O–H groups in total. The summed E-state index contributed by atoms with van der Waals surface area (Å²) in [5, 5.41) is 12.2. The third kappa shape index (κ3) is 5.93. The van der Waals surface area contributed by atoms with Crippen LogP contribution >= 0.6 is 0 Å². The van der Waals surface area contributed by atoms with E-state index in [1.165, 1.54) is 6.92 Å². The van der Waals surface area contributed by atoms with Crippen molar-refractivity contribution >= 4 is 28.1 Å². The highest BCUT2D eigenvalue weighted by Crippen LogP contribution is 2.34. The van der Waals surface area contributed by atoms with Crippen LogP contribution in [0.4, 0.5) is 15.8 Å². The fourth-order valence-electron chi connectivity index (χ4n) is 2.83. The maximum atomic E-state index is 14.4. The molecule has 0 atom stereocenters. The molecule has 0 aliphatic rings. The van der Waals surface area contributed by atoms with Gasteiger partial charge in [0.2, 0.25) is 0 Å². The van der Waals surface area contributed by atoms with Crippen LogP contribution in [-0.2, 0) is 11.2 Å². The lowest BCUT2D eigenvalue weighted by atomic mass is 10.0. The van der Waals surface area contributed by atoms with Gasteiger partial charge in [0.1, 0.15) is 17.6 Å². The number of anilines is 2.